The molecule has 0 aliphatic carbocycles. The highest BCUT2D eigenvalue weighted by molar-refractivity contribution is 8.67. The van der Waals surface area contributed by atoms with Crippen molar-refractivity contribution in [3.8, 4) is 0 Å². The molecule has 0 bridgehead atoms. The molecule has 0 fully saturated rings. The van der Waals surface area contributed by atoms with Gasteiger partial charge < -0.3 is 14.6 Å². The molecule has 0 unspecified atom stereocenters. The Morgan fingerprint density at radius 2 is 2.25 bits per heavy atom. The fourth-order valence-corrected chi connectivity index (χ4v) is 1.70. The number of hydrogen-bond acceptors (Lipinski definition) is 3. The molecule has 0 amide bonds. The molecule has 6 heteroatoms. The van der Waals surface area contributed by atoms with E-state index in [1.807, 2.05) is 0 Å². The van der Waals surface area contributed by atoms with Crippen LogP contribution in [0.3, 0.4) is 0 Å². The summed E-state index contributed by atoms with van der Waals surface area (Å²) in [6, 6.07) is 0. The summed E-state index contributed by atoms with van der Waals surface area (Å²) in [6.45, 7) is 0. The summed E-state index contributed by atoms with van der Waals surface area (Å²) in [6.07, 6.45) is 0.582. The largest absolute Gasteiger partial charge is 0.338 e. The summed E-state index contributed by atoms with van der Waals surface area (Å²) in [7, 11) is 0. The molecule has 2 N–H and O–H groups in total. The lowest BCUT2D eigenvalue weighted by atomic mass is 10.9. The molecule has 0 saturated carbocycles. The van der Waals surface area contributed by atoms with Gasteiger partial charge in [-0.25, -0.2) is 0 Å². The van der Waals surface area contributed by atoms with Crippen LogP contribution in [0, 0.1) is 0 Å². The lowest BCUT2D eigenvalue weighted by Gasteiger charge is -2.00. The van der Waals surface area contributed by atoms with Crippen molar-refractivity contribution in [3.05, 3.63) is 0 Å². The van der Waals surface area contributed by atoms with Gasteiger partial charge >= 0.3 is 0 Å². The molecular weight excluding hydrogens is 167 g/mol. The summed E-state index contributed by atoms with van der Waals surface area (Å²) in [5.41, 5.74) is -3.16. The minimum absolute atomic E-state index is 0.0598. The molecule has 0 aromatic heterocycles. The molecule has 0 aromatic rings. The lowest BCUT2D eigenvalue weighted by molar-refractivity contribution is -0.105. The van der Waals surface area contributed by atoms with E-state index in [1.54, 1.807) is 0 Å². The lowest BCUT2D eigenvalue weighted by Crippen LogP contribution is -1.76. The fraction of sp³-hybridized carbons (Fsp3) is 0.500. The van der Waals surface area contributed by atoms with Gasteiger partial charge in [-0.1, -0.05) is 11.4 Å². The van der Waals surface area contributed by atoms with E-state index in [1.165, 1.54) is 0 Å². The summed E-state index contributed by atoms with van der Waals surface area (Å²) in [4.78, 5) is 26.4. The van der Waals surface area contributed by atoms with E-state index in [2.05, 4.69) is 11.8 Å². The Morgan fingerprint density at radius 3 is 2.38 bits per heavy atom. The molecule has 0 radical (unpaired) electrons. The fourth-order valence-electron chi connectivity index (χ4n) is 0.128. The second-order valence-corrected chi connectivity index (χ2v) is 7.05. The highest BCUT2D eigenvalue weighted by Crippen LogP contribution is 2.49. The molecule has 8 heavy (non-hydrogen) atoms. The normalized spacial score (nSPS) is 11.2. The molecule has 3 nitrogen and oxygen atoms in total. The summed E-state index contributed by atoms with van der Waals surface area (Å²) in [5, 5.41) is 0. The van der Waals surface area contributed by atoms with Gasteiger partial charge in [0.25, 0.3) is 0 Å². The number of aldehydes is 1. The second kappa shape index (κ2) is 3.58. The van der Waals surface area contributed by atoms with Crippen LogP contribution in [0.25, 0.3) is 0 Å². The molecule has 0 rings (SSSR count). The van der Waals surface area contributed by atoms with Crippen molar-refractivity contribution < 1.29 is 14.6 Å². The number of rotatable bonds is 3. The Labute approximate surface area is 56.0 Å². The van der Waals surface area contributed by atoms with Crippen LogP contribution in [0.4, 0.5) is 0 Å². The third-order valence-corrected chi connectivity index (χ3v) is 3.34. The molecule has 0 aliphatic heterocycles. The van der Waals surface area contributed by atoms with Crippen LogP contribution in [0.1, 0.15) is 0 Å². The van der Waals surface area contributed by atoms with Crippen molar-refractivity contribution in [2.75, 3.05) is 5.75 Å². The minimum atomic E-state index is -3.16. The van der Waals surface area contributed by atoms with Crippen LogP contribution in [0.5, 0.6) is 0 Å². The standard InChI is InChI=1S/C2H5O3PS2/c3-1-2-8-6(4,5)7/h1H,2H2,(H2,4,5,7). The van der Waals surface area contributed by atoms with Crippen molar-refractivity contribution in [3.63, 3.8) is 0 Å². The molecule has 0 aromatic carbocycles. The smallest absolute Gasteiger partial charge is 0.242 e. The van der Waals surface area contributed by atoms with Crippen molar-refractivity contribution in [1.82, 2.24) is 0 Å². The maximum absolute atomic E-state index is 9.58. The van der Waals surface area contributed by atoms with Gasteiger partial charge in [0.05, 0.1) is 5.75 Å². The minimum Gasteiger partial charge on any atom is -0.338 e. The Kier molecular flexibility index (Phi) is 3.85. The predicted octanol–water partition coefficient (Wildman–Crippen LogP) is 0.128. The van der Waals surface area contributed by atoms with Crippen molar-refractivity contribution in [2.45, 2.75) is 0 Å². The van der Waals surface area contributed by atoms with Crippen LogP contribution in [-0.4, -0.2) is 21.8 Å². The van der Waals surface area contributed by atoms with Crippen LogP contribution < -0.4 is 0 Å². The van der Waals surface area contributed by atoms with Crippen molar-refractivity contribution in [1.29, 1.82) is 0 Å². The maximum Gasteiger partial charge on any atom is 0.242 e. The highest BCUT2D eigenvalue weighted by Gasteiger charge is 2.05. The highest BCUT2D eigenvalue weighted by atomic mass is 32.9. The summed E-state index contributed by atoms with van der Waals surface area (Å²) >= 11 is 4.88. The number of carbonyl (C=O) groups excluding carboxylic acids is 1. The maximum atomic E-state index is 9.58. The first-order chi connectivity index (χ1) is 3.56. The van der Waals surface area contributed by atoms with E-state index in [0.29, 0.717) is 17.7 Å². The Morgan fingerprint density at radius 1 is 1.75 bits per heavy atom. The van der Waals surface area contributed by atoms with Crippen LogP contribution in [-0.2, 0) is 16.6 Å². The third-order valence-electron chi connectivity index (χ3n) is 0.311. The zero-order valence-electron chi connectivity index (χ0n) is 3.85. The molecule has 0 atom stereocenters. The molecule has 0 spiro atoms. The van der Waals surface area contributed by atoms with Gasteiger partial charge in [0.2, 0.25) is 5.69 Å². The monoisotopic (exact) mass is 172 g/mol. The molecular formula is C2H5O3PS2. The average molecular weight is 172 g/mol. The van der Waals surface area contributed by atoms with E-state index in [-0.39, 0.29) is 5.75 Å². The van der Waals surface area contributed by atoms with Crippen LogP contribution in [0.15, 0.2) is 0 Å². The summed E-state index contributed by atoms with van der Waals surface area (Å²) < 4.78 is 0. The van der Waals surface area contributed by atoms with Gasteiger partial charge in [-0.2, -0.15) is 0 Å². The van der Waals surface area contributed by atoms with Crippen molar-refractivity contribution in [2.24, 2.45) is 0 Å². The van der Waals surface area contributed by atoms with Gasteiger partial charge in [0.1, 0.15) is 6.29 Å². The van der Waals surface area contributed by atoms with Crippen molar-refractivity contribution >= 4 is 35.2 Å². The van der Waals surface area contributed by atoms with Gasteiger partial charge in [0.15, 0.2) is 0 Å². The number of hydrogen-bond donors (Lipinski definition) is 2. The van der Waals surface area contributed by atoms with E-state index >= 15 is 0 Å². The van der Waals surface area contributed by atoms with E-state index in [4.69, 9.17) is 9.79 Å². The zero-order valence-corrected chi connectivity index (χ0v) is 6.38. The first kappa shape index (κ1) is 8.59. The molecule has 0 saturated heterocycles. The van der Waals surface area contributed by atoms with Gasteiger partial charge in [-0.3, -0.25) is 0 Å². The number of carbonyl (C=O) groups is 1. The van der Waals surface area contributed by atoms with Gasteiger partial charge in [-0.05, 0) is 11.8 Å². The average Bonchev–Trinajstić information content (AvgIpc) is 1.59. The Bertz CT molecular complexity index is 118. The molecule has 0 aliphatic rings. The Hall–Kier alpha value is 0.590. The van der Waals surface area contributed by atoms with Gasteiger partial charge in [0, 0.05) is 0 Å². The quantitative estimate of drug-likeness (QED) is 0.468. The van der Waals surface area contributed by atoms with E-state index in [0.717, 1.165) is 0 Å². The second-order valence-electron chi connectivity index (χ2n) is 0.953. The summed E-state index contributed by atoms with van der Waals surface area (Å²) in [5.74, 6) is 0.0598. The predicted molar refractivity (Wildman–Crippen MR) is 37.2 cm³/mol. The van der Waals surface area contributed by atoms with E-state index in [9.17, 15) is 4.79 Å². The third kappa shape index (κ3) is 6.59. The molecule has 0 heterocycles. The first-order valence-electron chi connectivity index (χ1n) is 1.70. The zero-order chi connectivity index (χ0) is 6.62. The first-order valence-corrected chi connectivity index (χ1v) is 6.00. The topological polar surface area (TPSA) is 57.5 Å². The van der Waals surface area contributed by atoms with Crippen LogP contribution >= 0.6 is 17.1 Å². The van der Waals surface area contributed by atoms with E-state index < -0.39 is 5.69 Å². The SMILES string of the molecule is O=CCSP(O)(O)=S. The van der Waals surface area contributed by atoms with Crippen LogP contribution in [0.2, 0.25) is 0 Å². The molecule has 48 valence electrons. The Balaban J connectivity index is 3.40. The van der Waals surface area contributed by atoms with Gasteiger partial charge in [-0.15, -0.1) is 0 Å².